The topological polar surface area (TPSA) is 115 Å². The number of nitrogens with one attached hydrogen (secondary N) is 1. The number of carbonyl (C=O) groups excluding carboxylic acids is 2. The summed E-state index contributed by atoms with van der Waals surface area (Å²) in [5.74, 6) is 1.09. The van der Waals surface area contributed by atoms with Crippen LogP contribution in [0.25, 0.3) is 11.6 Å². The monoisotopic (exact) mass is 506 g/mol. The normalized spacial score (nSPS) is 18.7. The van der Waals surface area contributed by atoms with Crippen molar-refractivity contribution in [3.63, 3.8) is 0 Å². The maximum atomic E-state index is 13.8. The highest BCUT2D eigenvalue weighted by atomic mass is 16.5. The Balaban J connectivity index is 1.42. The van der Waals surface area contributed by atoms with Gasteiger partial charge in [0.2, 0.25) is 17.6 Å². The number of rotatable bonds is 9. The van der Waals surface area contributed by atoms with Gasteiger partial charge in [0, 0.05) is 19.2 Å². The Labute approximate surface area is 216 Å². The first-order valence-corrected chi connectivity index (χ1v) is 13.1. The molecule has 1 aliphatic carbocycles. The number of aromatic nitrogens is 4. The second-order valence-electron chi connectivity index (χ2n) is 10.0. The predicted octanol–water partition coefficient (Wildman–Crippen LogP) is 3.36. The number of benzene rings is 1. The second-order valence-corrected chi connectivity index (χ2v) is 10.0. The van der Waals surface area contributed by atoms with Gasteiger partial charge in [0.05, 0.1) is 6.10 Å². The number of hydrogen-bond acceptors (Lipinski definition) is 7. The van der Waals surface area contributed by atoms with E-state index in [-0.39, 0.29) is 30.5 Å². The van der Waals surface area contributed by atoms with Crippen LogP contribution < -0.4 is 5.32 Å². The number of tetrazole rings is 1. The first-order valence-electron chi connectivity index (χ1n) is 13.1. The fourth-order valence-corrected chi connectivity index (χ4v) is 5.11. The molecule has 2 fully saturated rings. The van der Waals surface area contributed by atoms with Gasteiger partial charge < -0.3 is 19.4 Å². The third kappa shape index (κ3) is 6.07. The van der Waals surface area contributed by atoms with E-state index in [0.717, 1.165) is 55.4 Å². The third-order valence-electron chi connectivity index (χ3n) is 7.09. The van der Waals surface area contributed by atoms with Crippen molar-refractivity contribution in [2.24, 2.45) is 0 Å². The molecule has 1 aliphatic heterocycles. The molecule has 0 bridgehead atoms. The molecule has 196 valence electrons. The summed E-state index contributed by atoms with van der Waals surface area (Å²) >= 11 is 0. The molecule has 0 radical (unpaired) electrons. The first kappa shape index (κ1) is 25.1. The van der Waals surface area contributed by atoms with Crippen molar-refractivity contribution < 1.29 is 18.7 Å². The van der Waals surface area contributed by atoms with E-state index in [1.54, 1.807) is 11.0 Å². The van der Waals surface area contributed by atoms with Crippen molar-refractivity contribution >= 4 is 11.8 Å². The van der Waals surface area contributed by atoms with Crippen LogP contribution in [0.4, 0.5) is 0 Å². The van der Waals surface area contributed by atoms with E-state index in [1.165, 1.54) is 4.80 Å². The van der Waals surface area contributed by atoms with E-state index in [1.807, 2.05) is 44.2 Å². The fraction of sp³-hybridized carbons (Fsp3) is 0.519. The molecule has 0 spiro atoms. The molecule has 2 atom stereocenters. The molecule has 1 N–H and O–H groups in total. The summed E-state index contributed by atoms with van der Waals surface area (Å²) in [6, 6.07) is 10.7. The minimum absolute atomic E-state index is 0.124. The predicted molar refractivity (Wildman–Crippen MR) is 135 cm³/mol. The average Bonchev–Trinajstić information content (AvgIpc) is 3.69. The molecule has 2 aliphatic rings. The van der Waals surface area contributed by atoms with E-state index in [2.05, 4.69) is 20.7 Å². The number of nitrogens with zero attached hydrogens (tertiary/aromatic N) is 5. The number of amides is 2. The summed E-state index contributed by atoms with van der Waals surface area (Å²) in [6.07, 6.45) is 5.79. The molecule has 1 saturated heterocycles. The molecule has 3 heterocycles. The van der Waals surface area contributed by atoms with Gasteiger partial charge in [-0.1, -0.05) is 42.7 Å². The highest BCUT2D eigenvalue weighted by Crippen LogP contribution is 2.27. The molecule has 10 heteroatoms. The third-order valence-corrected chi connectivity index (χ3v) is 7.09. The maximum Gasteiger partial charge on any atom is 0.247 e. The largest absolute Gasteiger partial charge is 0.458 e. The zero-order valence-electron chi connectivity index (χ0n) is 21.4. The van der Waals surface area contributed by atoms with Crippen molar-refractivity contribution in [1.29, 1.82) is 0 Å². The Morgan fingerprint density at radius 1 is 1.08 bits per heavy atom. The highest BCUT2D eigenvalue weighted by molar-refractivity contribution is 5.89. The van der Waals surface area contributed by atoms with Crippen LogP contribution in [0.3, 0.4) is 0 Å². The van der Waals surface area contributed by atoms with E-state index < -0.39 is 6.04 Å². The van der Waals surface area contributed by atoms with Gasteiger partial charge in [-0.2, -0.15) is 4.80 Å². The van der Waals surface area contributed by atoms with Gasteiger partial charge in [0.25, 0.3) is 0 Å². The summed E-state index contributed by atoms with van der Waals surface area (Å²) in [6.45, 7) is 4.66. The van der Waals surface area contributed by atoms with Gasteiger partial charge in [-0.15, -0.1) is 10.2 Å². The van der Waals surface area contributed by atoms with Crippen molar-refractivity contribution in [2.45, 2.75) is 77.1 Å². The Hall–Kier alpha value is -3.53. The quantitative estimate of drug-likeness (QED) is 0.473. The maximum absolute atomic E-state index is 13.8. The van der Waals surface area contributed by atoms with Crippen LogP contribution in [0.5, 0.6) is 0 Å². The summed E-state index contributed by atoms with van der Waals surface area (Å²) < 4.78 is 11.5. The van der Waals surface area contributed by atoms with Gasteiger partial charge in [-0.3, -0.25) is 9.59 Å². The lowest BCUT2D eigenvalue weighted by Crippen LogP contribution is -2.49. The van der Waals surface area contributed by atoms with Crippen LogP contribution in [-0.4, -0.2) is 62.2 Å². The Morgan fingerprint density at radius 2 is 1.86 bits per heavy atom. The zero-order valence-corrected chi connectivity index (χ0v) is 21.4. The molecule has 1 saturated carbocycles. The lowest BCUT2D eigenvalue weighted by atomic mass is 10.0. The molecular formula is C27H34N6O4. The molecule has 0 unspecified atom stereocenters. The van der Waals surface area contributed by atoms with Gasteiger partial charge in [-0.05, 0) is 62.4 Å². The molecule has 5 rings (SSSR count). The summed E-state index contributed by atoms with van der Waals surface area (Å²) in [5.41, 5.74) is 1.86. The molecule has 2 amide bonds. The minimum atomic E-state index is -0.784. The Morgan fingerprint density at radius 3 is 2.54 bits per heavy atom. The average molecular weight is 507 g/mol. The van der Waals surface area contributed by atoms with Crippen LogP contribution >= 0.6 is 0 Å². The van der Waals surface area contributed by atoms with Gasteiger partial charge in [0.15, 0.2) is 5.76 Å². The lowest BCUT2D eigenvalue weighted by molar-refractivity contribution is -0.143. The molecule has 1 aromatic carbocycles. The Kier molecular flexibility index (Phi) is 7.64. The molecule has 3 aromatic rings. The van der Waals surface area contributed by atoms with Crippen LogP contribution in [0.2, 0.25) is 0 Å². The van der Waals surface area contributed by atoms with Crippen molar-refractivity contribution in [2.75, 3.05) is 13.2 Å². The highest BCUT2D eigenvalue weighted by Gasteiger charge is 2.35. The Bertz CT molecular complexity index is 1210. The number of aryl methyl sites for hydroxylation is 2. The van der Waals surface area contributed by atoms with Crippen molar-refractivity contribution in [1.82, 2.24) is 30.4 Å². The number of carbonyl (C=O) groups is 2. The van der Waals surface area contributed by atoms with E-state index in [0.29, 0.717) is 24.7 Å². The van der Waals surface area contributed by atoms with Crippen LogP contribution in [0.1, 0.15) is 61.5 Å². The zero-order chi connectivity index (χ0) is 25.8. The molecule has 2 aromatic heterocycles. The summed E-state index contributed by atoms with van der Waals surface area (Å²) in [7, 11) is 0. The SMILES string of the molecule is Cc1ccc([C@H](C(=O)NC2CCCC2)N(C[C@H]2CCCO2)C(=O)Cn2nnc(-c3ccc(C)o3)n2)cc1. The molecule has 10 nitrogen and oxygen atoms in total. The number of furan rings is 1. The fourth-order valence-electron chi connectivity index (χ4n) is 5.11. The van der Waals surface area contributed by atoms with Crippen LogP contribution in [-0.2, 0) is 20.9 Å². The first-order chi connectivity index (χ1) is 18.0. The molecular weight excluding hydrogens is 472 g/mol. The second kappa shape index (κ2) is 11.2. The van der Waals surface area contributed by atoms with E-state index in [4.69, 9.17) is 9.15 Å². The smallest absolute Gasteiger partial charge is 0.247 e. The van der Waals surface area contributed by atoms with Crippen LogP contribution in [0, 0.1) is 13.8 Å². The van der Waals surface area contributed by atoms with Gasteiger partial charge >= 0.3 is 0 Å². The number of hydrogen-bond donors (Lipinski definition) is 1. The summed E-state index contributed by atoms with van der Waals surface area (Å²) in [5, 5.41) is 15.7. The number of ether oxygens (including phenoxy) is 1. The van der Waals surface area contributed by atoms with Gasteiger partial charge in [-0.25, -0.2) is 0 Å². The standard InChI is InChI=1S/C27H34N6O4/c1-18-9-12-20(13-10-18)25(27(35)28-21-6-3-4-7-21)32(16-22-8-5-15-36-22)24(34)17-33-30-26(29-31-33)23-14-11-19(2)37-23/h9-14,21-22,25H,3-8,15-17H2,1-2H3,(H,28,35)/t22-,25-/m1/s1. The summed E-state index contributed by atoms with van der Waals surface area (Å²) in [4.78, 5) is 30.4. The molecule has 37 heavy (non-hydrogen) atoms. The van der Waals surface area contributed by atoms with E-state index in [9.17, 15) is 9.59 Å². The van der Waals surface area contributed by atoms with E-state index >= 15 is 0 Å². The van der Waals surface area contributed by atoms with Gasteiger partial charge in [0.1, 0.15) is 18.3 Å². The minimum Gasteiger partial charge on any atom is -0.458 e. The van der Waals surface area contributed by atoms with Crippen molar-refractivity contribution in [3.05, 3.63) is 53.3 Å². The van der Waals surface area contributed by atoms with Crippen LogP contribution in [0.15, 0.2) is 40.8 Å². The lowest BCUT2D eigenvalue weighted by Gasteiger charge is -2.33. The van der Waals surface area contributed by atoms with Crippen molar-refractivity contribution in [3.8, 4) is 11.6 Å².